The summed E-state index contributed by atoms with van der Waals surface area (Å²) in [6, 6.07) is 12.0. The fourth-order valence-electron chi connectivity index (χ4n) is 2.65. The third-order valence-electron chi connectivity index (χ3n) is 3.94. The van der Waals surface area contributed by atoms with Crippen LogP contribution in [0.1, 0.15) is 24.0 Å². The number of likely N-dealkylation sites (tertiary alicyclic amines) is 1. The smallest absolute Gasteiger partial charge is 0.222 e. The summed E-state index contributed by atoms with van der Waals surface area (Å²) in [5.74, 6) is 0.257. The predicted octanol–water partition coefficient (Wildman–Crippen LogP) is 2.69. The van der Waals surface area contributed by atoms with Crippen LogP contribution in [-0.4, -0.2) is 27.4 Å². The van der Waals surface area contributed by atoms with Gasteiger partial charge in [-0.2, -0.15) is 0 Å². The van der Waals surface area contributed by atoms with Gasteiger partial charge >= 0.3 is 0 Å². The molecule has 0 bridgehead atoms. The summed E-state index contributed by atoms with van der Waals surface area (Å²) in [6.07, 6.45) is 5.10. The maximum absolute atomic E-state index is 11.7. The molecule has 0 spiro atoms. The number of nitrogens with zero attached hydrogens (tertiary/aromatic N) is 2. The molecule has 6 heteroatoms. The van der Waals surface area contributed by atoms with Gasteiger partial charge in [-0.25, -0.2) is 0 Å². The van der Waals surface area contributed by atoms with Gasteiger partial charge in [0.05, 0.1) is 11.9 Å². The van der Waals surface area contributed by atoms with Crippen LogP contribution in [0.3, 0.4) is 0 Å². The van der Waals surface area contributed by atoms with Crippen molar-refractivity contribution in [1.82, 2.24) is 15.2 Å². The van der Waals surface area contributed by atoms with E-state index in [1.54, 1.807) is 12.4 Å². The Labute approximate surface area is 147 Å². The number of rotatable bonds is 5. The van der Waals surface area contributed by atoms with Crippen molar-refractivity contribution in [2.24, 2.45) is 0 Å². The number of carbonyl (C=O) groups excluding carboxylic acids is 1. The van der Waals surface area contributed by atoms with Crippen LogP contribution < -0.4 is 10.6 Å². The Balaban J connectivity index is 1.47. The average molecular weight is 340 g/mol. The van der Waals surface area contributed by atoms with Crippen LogP contribution in [0.4, 0.5) is 5.69 Å². The zero-order valence-corrected chi connectivity index (χ0v) is 14.2. The highest BCUT2D eigenvalue weighted by atomic mass is 32.1. The molecule has 2 heterocycles. The van der Waals surface area contributed by atoms with E-state index < -0.39 is 0 Å². The topological polar surface area (TPSA) is 57.3 Å². The van der Waals surface area contributed by atoms with Crippen LogP contribution in [0.25, 0.3) is 0 Å². The molecule has 1 amide bonds. The lowest BCUT2D eigenvalue weighted by molar-refractivity contribution is -0.128. The van der Waals surface area contributed by atoms with Crippen LogP contribution in [0, 0.1) is 0 Å². The molecule has 1 aliphatic rings. The Morgan fingerprint density at radius 2 is 2.00 bits per heavy atom. The minimum Gasteiger partial charge on any atom is -0.358 e. The van der Waals surface area contributed by atoms with E-state index in [1.807, 2.05) is 17.0 Å². The first-order valence-corrected chi connectivity index (χ1v) is 8.42. The minimum atomic E-state index is 0.257. The number of nitrogens with one attached hydrogen (secondary N) is 2. The maximum Gasteiger partial charge on any atom is 0.222 e. The third-order valence-corrected chi connectivity index (χ3v) is 4.19. The van der Waals surface area contributed by atoms with Crippen LogP contribution in [-0.2, 0) is 17.9 Å². The molecule has 1 saturated heterocycles. The molecular weight excluding hydrogens is 320 g/mol. The van der Waals surface area contributed by atoms with Crippen molar-refractivity contribution in [3.8, 4) is 0 Å². The molecule has 3 rings (SSSR count). The lowest BCUT2D eigenvalue weighted by Gasteiger charge is -2.16. The number of hydrogen-bond acceptors (Lipinski definition) is 3. The van der Waals surface area contributed by atoms with E-state index in [9.17, 15) is 4.79 Å². The molecule has 1 fully saturated rings. The number of amides is 1. The number of carbonyl (C=O) groups is 1. The molecule has 1 aliphatic heterocycles. The summed E-state index contributed by atoms with van der Waals surface area (Å²) >= 11 is 5.28. The number of pyridine rings is 1. The van der Waals surface area contributed by atoms with Gasteiger partial charge in [-0.15, -0.1) is 0 Å². The molecule has 124 valence electrons. The van der Waals surface area contributed by atoms with Gasteiger partial charge < -0.3 is 15.5 Å². The number of hydrogen-bond donors (Lipinski definition) is 2. The molecule has 0 unspecified atom stereocenters. The van der Waals surface area contributed by atoms with E-state index in [0.29, 0.717) is 24.6 Å². The second-order valence-electron chi connectivity index (χ2n) is 5.78. The van der Waals surface area contributed by atoms with E-state index >= 15 is 0 Å². The second kappa shape index (κ2) is 7.88. The van der Waals surface area contributed by atoms with Gasteiger partial charge in [0.15, 0.2) is 5.11 Å². The average Bonchev–Trinajstić information content (AvgIpc) is 3.00. The molecule has 1 aromatic carbocycles. The Hall–Kier alpha value is -2.47. The van der Waals surface area contributed by atoms with Gasteiger partial charge in [0.2, 0.25) is 5.91 Å². The van der Waals surface area contributed by atoms with Gasteiger partial charge in [-0.3, -0.25) is 9.78 Å². The molecule has 2 aromatic rings. The van der Waals surface area contributed by atoms with Crippen LogP contribution in [0.2, 0.25) is 0 Å². The molecular formula is C18H20N4OS. The predicted molar refractivity (Wildman–Crippen MR) is 98.4 cm³/mol. The van der Waals surface area contributed by atoms with Crippen molar-refractivity contribution in [2.45, 2.75) is 25.9 Å². The Bertz CT molecular complexity index is 703. The summed E-state index contributed by atoms with van der Waals surface area (Å²) in [7, 11) is 0. The molecule has 5 nitrogen and oxygen atoms in total. The highest BCUT2D eigenvalue weighted by Gasteiger charge is 2.19. The first-order chi connectivity index (χ1) is 11.7. The molecule has 0 aliphatic carbocycles. The normalized spacial score (nSPS) is 13.8. The molecule has 24 heavy (non-hydrogen) atoms. The van der Waals surface area contributed by atoms with Crippen LogP contribution in [0.5, 0.6) is 0 Å². The van der Waals surface area contributed by atoms with Gasteiger partial charge in [0.25, 0.3) is 0 Å². The van der Waals surface area contributed by atoms with E-state index in [0.717, 1.165) is 29.8 Å². The summed E-state index contributed by atoms with van der Waals surface area (Å²) < 4.78 is 0. The van der Waals surface area contributed by atoms with E-state index in [4.69, 9.17) is 12.2 Å². The molecule has 0 atom stereocenters. The van der Waals surface area contributed by atoms with Gasteiger partial charge in [0.1, 0.15) is 0 Å². The van der Waals surface area contributed by atoms with Gasteiger partial charge in [-0.1, -0.05) is 24.3 Å². The zero-order chi connectivity index (χ0) is 16.8. The highest BCUT2D eigenvalue weighted by molar-refractivity contribution is 7.80. The lowest BCUT2D eigenvalue weighted by atomic mass is 10.1. The molecule has 1 aromatic heterocycles. The van der Waals surface area contributed by atoms with Gasteiger partial charge in [-0.05, 0) is 41.9 Å². The number of aromatic nitrogens is 1. The van der Waals surface area contributed by atoms with Crippen LogP contribution >= 0.6 is 12.2 Å². The standard InChI is InChI=1S/C18H20N4OS/c23-17-4-2-10-22(17)13-15-7-5-14(6-8-15)11-20-18(24)21-16-3-1-9-19-12-16/h1,3,5-9,12H,2,4,10-11,13H2,(H2,20,21,24). The Kier molecular flexibility index (Phi) is 5.38. The first-order valence-electron chi connectivity index (χ1n) is 8.01. The van der Waals surface area contributed by atoms with Crippen molar-refractivity contribution in [3.63, 3.8) is 0 Å². The fourth-order valence-corrected chi connectivity index (χ4v) is 2.84. The zero-order valence-electron chi connectivity index (χ0n) is 13.4. The Morgan fingerprint density at radius 3 is 2.67 bits per heavy atom. The summed E-state index contributed by atoms with van der Waals surface area (Å²) in [5.41, 5.74) is 3.16. The number of thiocarbonyl (C=S) groups is 1. The van der Waals surface area contributed by atoms with E-state index in [1.165, 1.54) is 0 Å². The van der Waals surface area contributed by atoms with Crippen molar-refractivity contribution in [2.75, 3.05) is 11.9 Å². The Morgan fingerprint density at radius 1 is 1.21 bits per heavy atom. The minimum absolute atomic E-state index is 0.257. The van der Waals surface area contributed by atoms with Crippen molar-refractivity contribution >= 4 is 28.9 Å². The quantitative estimate of drug-likeness (QED) is 0.820. The molecule has 0 radical (unpaired) electrons. The SMILES string of the molecule is O=C1CCCN1Cc1ccc(CNC(=S)Nc2cccnc2)cc1. The number of benzene rings is 1. The van der Waals surface area contributed by atoms with Gasteiger partial charge in [0, 0.05) is 32.3 Å². The largest absolute Gasteiger partial charge is 0.358 e. The monoisotopic (exact) mass is 340 g/mol. The van der Waals surface area contributed by atoms with Crippen molar-refractivity contribution < 1.29 is 4.79 Å². The molecule has 2 N–H and O–H groups in total. The third kappa shape index (κ3) is 4.52. The maximum atomic E-state index is 11.7. The lowest BCUT2D eigenvalue weighted by Crippen LogP contribution is -2.28. The van der Waals surface area contributed by atoms with Crippen LogP contribution in [0.15, 0.2) is 48.8 Å². The summed E-state index contributed by atoms with van der Waals surface area (Å²) in [6.45, 7) is 2.22. The van der Waals surface area contributed by atoms with E-state index in [2.05, 4.69) is 39.9 Å². The van der Waals surface area contributed by atoms with Crippen molar-refractivity contribution in [1.29, 1.82) is 0 Å². The first kappa shape index (κ1) is 16.4. The fraction of sp³-hybridized carbons (Fsp3) is 0.278. The summed E-state index contributed by atoms with van der Waals surface area (Å²) in [4.78, 5) is 17.6. The molecule has 0 saturated carbocycles. The number of anilines is 1. The summed E-state index contributed by atoms with van der Waals surface area (Å²) in [5, 5.41) is 6.83. The highest BCUT2D eigenvalue weighted by Crippen LogP contribution is 2.14. The van der Waals surface area contributed by atoms with E-state index in [-0.39, 0.29) is 5.91 Å². The van der Waals surface area contributed by atoms with Crippen molar-refractivity contribution in [3.05, 3.63) is 59.9 Å². The second-order valence-corrected chi connectivity index (χ2v) is 6.19.